The van der Waals surface area contributed by atoms with Gasteiger partial charge < -0.3 is 9.47 Å². The molecule has 0 radical (unpaired) electrons. The van der Waals surface area contributed by atoms with Crippen molar-refractivity contribution in [3.63, 3.8) is 0 Å². The number of esters is 2. The Hall–Kier alpha value is -5.32. The van der Waals surface area contributed by atoms with Gasteiger partial charge in [-0.1, -0.05) is 80.4 Å². The number of para-hydroxylation sites is 1. The minimum absolute atomic E-state index is 0.0305. The Morgan fingerprint density at radius 2 is 1.67 bits per heavy atom. The average Bonchev–Trinajstić information content (AvgIpc) is 3.74. The monoisotopic (exact) mass is 648 g/mol. The highest BCUT2D eigenvalue weighted by molar-refractivity contribution is 5.93. The van der Waals surface area contributed by atoms with Crippen LogP contribution in [0.2, 0.25) is 0 Å². The first kappa shape index (κ1) is 32.6. The normalized spacial score (nSPS) is 15.6. The number of carbonyl (C=O) groups is 2. The molecule has 11 nitrogen and oxygen atoms in total. The first-order valence-corrected chi connectivity index (χ1v) is 16.7. The molecule has 2 unspecified atom stereocenters. The number of benzene rings is 3. The summed E-state index contributed by atoms with van der Waals surface area (Å²) < 4.78 is 14.6. The number of nitrogens with zero attached hydrogens (tertiary/aromatic N) is 5. The van der Waals surface area contributed by atoms with Gasteiger partial charge in [0.2, 0.25) is 5.82 Å². The number of aromatic nitrogens is 6. The summed E-state index contributed by atoms with van der Waals surface area (Å²) in [5.41, 5.74) is 5.49. The van der Waals surface area contributed by atoms with E-state index in [0.29, 0.717) is 30.7 Å². The fraction of sp³-hybridized carbons (Fsp3) is 0.351. The maximum atomic E-state index is 14.3. The first-order chi connectivity index (χ1) is 23.4. The Bertz CT molecular complexity index is 1940. The minimum atomic E-state index is -0.827. The SMILES string of the molecule is CCCCCc1c(Cc2ccc(-c3ccccc3-c3nn[nH]n3)cc2)c(=O)n2n1C(C)CCC2C(=O)Oc1ccccc1C(=O)OCC. The van der Waals surface area contributed by atoms with Gasteiger partial charge in [-0.3, -0.25) is 9.48 Å². The van der Waals surface area contributed by atoms with Crippen LogP contribution in [0.15, 0.2) is 77.6 Å². The van der Waals surface area contributed by atoms with E-state index in [2.05, 4.69) is 34.5 Å². The smallest absolute Gasteiger partial charge is 0.341 e. The van der Waals surface area contributed by atoms with Gasteiger partial charge >= 0.3 is 11.9 Å². The van der Waals surface area contributed by atoms with Crippen molar-refractivity contribution in [1.82, 2.24) is 30.0 Å². The van der Waals surface area contributed by atoms with Crippen LogP contribution < -0.4 is 10.3 Å². The third-order valence-electron chi connectivity index (χ3n) is 8.94. The summed E-state index contributed by atoms with van der Waals surface area (Å²) >= 11 is 0. The second kappa shape index (κ2) is 14.6. The van der Waals surface area contributed by atoms with Crippen LogP contribution in [0.4, 0.5) is 0 Å². The van der Waals surface area contributed by atoms with Gasteiger partial charge in [-0.25, -0.2) is 14.3 Å². The summed E-state index contributed by atoms with van der Waals surface area (Å²) in [4.78, 5) is 40.7. The minimum Gasteiger partial charge on any atom is -0.462 e. The molecule has 0 bridgehead atoms. The number of unbranched alkanes of at least 4 members (excludes halogenated alkanes) is 2. The number of nitrogens with one attached hydrogen (secondary N) is 1. The highest BCUT2D eigenvalue weighted by Crippen LogP contribution is 2.34. The number of hydrogen-bond acceptors (Lipinski definition) is 8. The predicted molar refractivity (Wildman–Crippen MR) is 181 cm³/mol. The number of carbonyl (C=O) groups excluding carboxylic acids is 2. The zero-order chi connectivity index (χ0) is 33.6. The number of tetrazole rings is 1. The molecule has 3 aromatic carbocycles. The maximum absolute atomic E-state index is 14.3. The highest BCUT2D eigenvalue weighted by Gasteiger charge is 2.36. The Morgan fingerprint density at radius 1 is 0.917 bits per heavy atom. The van der Waals surface area contributed by atoms with Crippen LogP contribution >= 0.6 is 0 Å². The zero-order valence-corrected chi connectivity index (χ0v) is 27.5. The summed E-state index contributed by atoms with van der Waals surface area (Å²) in [5.74, 6) is -0.500. The van der Waals surface area contributed by atoms with E-state index in [-0.39, 0.29) is 29.5 Å². The van der Waals surface area contributed by atoms with Crippen molar-refractivity contribution < 1.29 is 19.1 Å². The molecule has 248 valence electrons. The third-order valence-corrected chi connectivity index (χ3v) is 8.94. The van der Waals surface area contributed by atoms with Gasteiger partial charge in [0.05, 0.1) is 6.61 Å². The number of aromatic amines is 1. The van der Waals surface area contributed by atoms with Crippen LogP contribution in [0.3, 0.4) is 0 Å². The van der Waals surface area contributed by atoms with Crippen LogP contribution in [0.25, 0.3) is 22.5 Å². The Labute approximate surface area is 278 Å². The molecule has 48 heavy (non-hydrogen) atoms. The summed E-state index contributed by atoms with van der Waals surface area (Å²) in [6.45, 7) is 6.17. The standard InChI is InChI=1S/C37H40N6O5/c1-4-6-7-15-31-30(23-25-18-20-26(21-19-25)27-12-8-9-13-28(27)34-38-40-41-39-34)35(44)43-32(22-17-24(3)42(31)43)37(46)48-33-16-11-10-14-29(33)36(45)47-5-2/h8-14,16,18-21,24,32H,4-7,15,17,22-23H2,1-3H3,(H,38,39,40,41). The molecular weight excluding hydrogens is 608 g/mol. The Balaban J connectivity index is 1.33. The second-order valence-corrected chi connectivity index (χ2v) is 12.1. The molecule has 0 saturated heterocycles. The predicted octanol–water partition coefficient (Wildman–Crippen LogP) is 6.50. The molecule has 6 rings (SSSR count). The molecule has 3 heterocycles. The van der Waals surface area contributed by atoms with Crippen LogP contribution in [0.1, 0.15) is 92.1 Å². The van der Waals surface area contributed by atoms with Crippen molar-refractivity contribution in [2.75, 3.05) is 6.61 Å². The number of ether oxygens (including phenoxy) is 2. The van der Waals surface area contributed by atoms with E-state index in [1.54, 1.807) is 35.9 Å². The molecular formula is C37H40N6O5. The third kappa shape index (κ3) is 6.58. The fourth-order valence-corrected chi connectivity index (χ4v) is 6.57. The topological polar surface area (TPSA) is 134 Å². The first-order valence-electron chi connectivity index (χ1n) is 16.7. The van der Waals surface area contributed by atoms with Crippen molar-refractivity contribution in [2.45, 2.75) is 77.8 Å². The highest BCUT2D eigenvalue weighted by atomic mass is 16.5. The Morgan fingerprint density at radius 3 is 2.40 bits per heavy atom. The van der Waals surface area contributed by atoms with Crippen LogP contribution in [-0.4, -0.2) is 48.5 Å². The van der Waals surface area contributed by atoms with Gasteiger partial charge in [-0.05, 0) is 73.6 Å². The van der Waals surface area contributed by atoms with Crippen molar-refractivity contribution in [3.05, 3.63) is 106 Å². The molecule has 2 aromatic heterocycles. The quantitative estimate of drug-likeness (QED) is 0.0921. The van der Waals surface area contributed by atoms with Crippen molar-refractivity contribution in [3.8, 4) is 28.3 Å². The molecule has 1 N–H and O–H groups in total. The summed E-state index contributed by atoms with van der Waals surface area (Å²) in [6.07, 6.45) is 5.36. The van der Waals surface area contributed by atoms with Gasteiger partial charge in [0.15, 0.2) is 6.04 Å². The molecule has 11 heteroatoms. The molecule has 0 fully saturated rings. The molecule has 0 spiro atoms. The van der Waals surface area contributed by atoms with Crippen LogP contribution in [0.5, 0.6) is 5.75 Å². The van der Waals surface area contributed by atoms with Crippen LogP contribution in [0, 0.1) is 0 Å². The van der Waals surface area contributed by atoms with E-state index in [9.17, 15) is 14.4 Å². The van der Waals surface area contributed by atoms with Gasteiger partial charge in [0, 0.05) is 29.3 Å². The average molecular weight is 649 g/mol. The molecule has 1 aliphatic heterocycles. The van der Waals surface area contributed by atoms with E-state index < -0.39 is 18.0 Å². The van der Waals surface area contributed by atoms with Crippen LogP contribution in [-0.2, 0) is 22.4 Å². The van der Waals surface area contributed by atoms with Gasteiger partial charge in [-0.15, -0.1) is 10.2 Å². The van der Waals surface area contributed by atoms with E-state index in [1.165, 1.54) is 0 Å². The van der Waals surface area contributed by atoms with E-state index in [4.69, 9.17) is 9.47 Å². The van der Waals surface area contributed by atoms with E-state index in [0.717, 1.165) is 53.6 Å². The van der Waals surface area contributed by atoms with Gasteiger partial charge in [0.25, 0.3) is 5.56 Å². The zero-order valence-electron chi connectivity index (χ0n) is 27.5. The lowest BCUT2D eigenvalue weighted by Crippen LogP contribution is -2.40. The van der Waals surface area contributed by atoms with Gasteiger partial charge in [-0.2, -0.15) is 5.21 Å². The number of H-pyrrole nitrogens is 1. The van der Waals surface area contributed by atoms with E-state index in [1.807, 2.05) is 53.2 Å². The molecule has 0 amide bonds. The van der Waals surface area contributed by atoms with E-state index >= 15 is 0 Å². The number of rotatable bonds is 12. The second-order valence-electron chi connectivity index (χ2n) is 12.1. The van der Waals surface area contributed by atoms with Crippen molar-refractivity contribution in [2.24, 2.45) is 0 Å². The molecule has 0 aliphatic carbocycles. The maximum Gasteiger partial charge on any atom is 0.341 e. The Kier molecular flexibility index (Phi) is 9.94. The molecule has 2 atom stereocenters. The fourth-order valence-electron chi connectivity index (χ4n) is 6.57. The molecule has 0 saturated carbocycles. The van der Waals surface area contributed by atoms with Crippen molar-refractivity contribution >= 4 is 11.9 Å². The summed E-state index contributed by atoms with van der Waals surface area (Å²) in [5, 5.41) is 14.5. The lowest BCUT2D eigenvalue weighted by atomic mass is 9.96. The lowest BCUT2D eigenvalue weighted by molar-refractivity contribution is -0.140. The molecule has 5 aromatic rings. The molecule has 1 aliphatic rings. The van der Waals surface area contributed by atoms with Gasteiger partial charge in [0.1, 0.15) is 11.3 Å². The number of hydrogen-bond donors (Lipinski definition) is 1. The summed E-state index contributed by atoms with van der Waals surface area (Å²) in [6, 6.07) is 21.8. The summed E-state index contributed by atoms with van der Waals surface area (Å²) in [7, 11) is 0. The largest absolute Gasteiger partial charge is 0.462 e. The lowest BCUT2D eigenvalue weighted by Gasteiger charge is -2.31. The van der Waals surface area contributed by atoms with Crippen molar-refractivity contribution in [1.29, 1.82) is 0 Å². The number of fused-ring (bicyclic) bond motifs is 1.